The van der Waals surface area contributed by atoms with Crippen molar-refractivity contribution in [2.45, 2.75) is 18.8 Å². The van der Waals surface area contributed by atoms with Gasteiger partial charge in [-0.3, -0.25) is 0 Å². The topological polar surface area (TPSA) is 17.1 Å². The first kappa shape index (κ1) is 8.76. The van der Waals surface area contributed by atoms with Gasteiger partial charge in [0, 0.05) is 10.9 Å². The summed E-state index contributed by atoms with van der Waals surface area (Å²) in [5, 5.41) is 0.830. The fourth-order valence-corrected chi connectivity index (χ4v) is 2.12. The van der Waals surface area contributed by atoms with E-state index in [0.717, 1.165) is 24.2 Å². The second-order valence-electron chi connectivity index (χ2n) is 3.59. The predicted octanol–water partition coefficient (Wildman–Crippen LogP) is 3.03. The van der Waals surface area contributed by atoms with Crippen molar-refractivity contribution in [2.75, 3.05) is 0 Å². The highest BCUT2D eigenvalue weighted by molar-refractivity contribution is 6.31. The molecule has 2 heteroatoms. The van der Waals surface area contributed by atoms with Crippen molar-refractivity contribution in [1.29, 1.82) is 0 Å². The normalized spacial score (nSPS) is 26.5. The van der Waals surface area contributed by atoms with Gasteiger partial charge in [-0.05, 0) is 30.4 Å². The molecular weight excluding hydrogens is 184 g/mol. The lowest BCUT2D eigenvalue weighted by Crippen LogP contribution is -2.22. The average Bonchev–Trinajstić information content (AvgIpc) is 2.06. The molecule has 0 N–H and O–H groups in total. The third-order valence-corrected chi connectivity index (χ3v) is 3.06. The number of carbonyl (C=O) groups is 1. The van der Waals surface area contributed by atoms with Crippen LogP contribution in [0.3, 0.4) is 0 Å². The van der Waals surface area contributed by atoms with E-state index in [9.17, 15) is 4.79 Å². The molecule has 68 valence electrons. The zero-order chi connectivity index (χ0) is 9.26. The molecule has 0 aliphatic heterocycles. The molecule has 13 heavy (non-hydrogen) atoms. The highest BCUT2D eigenvalue weighted by Crippen LogP contribution is 2.42. The number of rotatable bonds is 2. The summed E-state index contributed by atoms with van der Waals surface area (Å²) >= 11 is 6.03. The van der Waals surface area contributed by atoms with Gasteiger partial charge in [0.2, 0.25) is 0 Å². The molecule has 2 rings (SSSR count). The Morgan fingerprint density at radius 2 is 2.00 bits per heavy atom. The third-order valence-electron chi connectivity index (χ3n) is 2.71. The maximum absolute atomic E-state index is 10.4. The minimum absolute atomic E-state index is 0.265. The molecule has 0 spiro atoms. The highest BCUT2D eigenvalue weighted by Gasteiger charge is 2.30. The number of halogens is 1. The van der Waals surface area contributed by atoms with Crippen LogP contribution in [0.1, 0.15) is 24.3 Å². The summed E-state index contributed by atoms with van der Waals surface area (Å²) in [5.74, 6) is 0.769. The van der Waals surface area contributed by atoms with E-state index in [1.807, 2.05) is 24.3 Å². The smallest absolute Gasteiger partial charge is 0.123 e. The molecule has 0 saturated heterocycles. The van der Waals surface area contributed by atoms with Gasteiger partial charge in [0.15, 0.2) is 0 Å². The molecule has 1 aromatic rings. The molecule has 1 fully saturated rings. The molecule has 0 aromatic heterocycles. The number of aldehydes is 1. The van der Waals surface area contributed by atoms with E-state index in [2.05, 4.69) is 0 Å². The molecule has 0 heterocycles. The van der Waals surface area contributed by atoms with Crippen LogP contribution in [0.15, 0.2) is 24.3 Å². The van der Waals surface area contributed by atoms with E-state index in [1.54, 1.807) is 0 Å². The van der Waals surface area contributed by atoms with Crippen LogP contribution in [-0.4, -0.2) is 6.29 Å². The summed E-state index contributed by atoms with van der Waals surface area (Å²) in [6, 6.07) is 7.89. The standard InChI is InChI=1S/C11H11ClO/c12-11-4-2-1-3-10(11)9-5-8(6-9)7-13/h1-4,7-9H,5-6H2. The van der Waals surface area contributed by atoms with E-state index in [0.29, 0.717) is 5.92 Å². The number of hydrogen-bond donors (Lipinski definition) is 0. The predicted molar refractivity (Wildman–Crippen MR) is 53.0 cm³/mol. The fourth-order valence-electron chi connectivity index (χ4n) is 1.83. The summed E-state index contributed by atoms with van der Waals surface area (Å²) in [7, 11) is 0. The van der Waals surface area contributed by atoms with E-state index in [4.69, 9.17) is 11.6 Å². The van der Waals surface area contributed by atoms with E-state index in [-0.39, 0.29) is 5.92 Å². The van der Waals surface area contributed by atoms with Gasteiger partial charge in [-0.25, -0.2) is 0 Å². The van der Waals surface area contributed by atoms with Crippen LogP contribution in [0.4, 0.5) is 0 Å². The SMILES string of the molecule is O=CC1CC(c2ccccc2Cl)C1. The number of benzene rings is 1. The van der Waals surface area contributed by atoms with E-state index >= 15 is 0 Å². The van der Waals surface area contributed by atoms with Gasteiger partial charge in [0.1, 0.15) is 6.29 Å². The summed E-state index contributed by atoms with van der Waals surface area (Å²) in [6.07, 6.45) is 2.98. The lowest BCUT2D eigenvalue weighted by molar-refractivity contribution is -0.113. The van der Waals surface area contributed by atoms with Crippen LogP contribution >= 0.6 is 11.6 Å². The van der Waals surface area contributed by atoms with Gasteiger partial charge < -0.3 is 4.79 Å². The lowest BCUT2D eigenvalue weighted by Gasteiger charge is -2.32. The minimum atomic E-state index is 0.265. The Labute approximate surface area is 82.7 Å². The second kappa shape index (κ2) is 3.51. The van der Waals surface area contributed by atoms with Gasteiger partial charge >= 0.3 is 0 Å². The van der Waals surface area contributed by atoms with Gasteiger partial charge in [-0.15, -0.1) is 0 Å². The fraction of sp³-hybridized carbons (Fsp3) is 0.364. The third kappa shape index (κ3) is 1.61. The van der Waals surface area contributed by atoms with Gasteiger partial charge in [0.05, 0.1) is 0 Å². The van der Waals surface area contributed by atoms with Crippen molar-refractivity contribution in [1.82, 2.24) is 0 Å². The first-order valence-corrected chi connectivity index (χ1v) is 4.89. The van der Waals surface area contributed by atoms with Crippen LogP contribution in [-0.2, 0) is 4.79 Å². The zero-order valence-corrected chi connectivity index (χ0v) is 8.00. The van der Waals surface area contributed by atoms with Gasteiger partial charge in [0.25, 0.3) is 0 Å². The molecule has 0 atom stereocenters. The molecule has 1 nitrogen and oxygen atoms in total. The van der Waals surface area contributed by atoms with Crippen molar-refractivity contribution in [2.24, 2.45) is 5.92 Å². The van der Waals surface area contributed by atoms with Crippen molar-refractivity contribution in [3.05, 3.63) is 34.9 Å². The van der Waals surface area contributed by atoms with Gasteiger partial charge in [-0.2, -0.15) is 0 Å². The zero-order valence-electron chi connectivity index (χ0n) is 7.24. The molecule has 1 aromatic carbocycles. The molecule has 1 aliphatic carbocycles. The number of carbonyl (C=O) groups excluding carboxylic acids is 1. The van der Waals surface area contributed by atoms with Crippen LogP contribution in [0.25, 0.3) is 0 Å². The molecular formula is C11H11ClO. The van der Waals surface area contributed by atoms with Crippen LogP contribution in [0, 0.1) is 5.92 Å². The Morgan fingerprint density at radius 1 is 1.31 bits per heavy atom. The molecule has 0 radical (unpaired) electrons. The second-order valence-corrected chi connectivity index (χ2v) is 3.99. The quantitative estimate of drug-likeness (QED) is 0.662. The Bertz CT molecular complexity index is 316. The molecule has 1 saturated carbocycles. The Morgan fingerprint density at radius 3 is 2.62 bits per heavy atom. The maximum Gasteiger partial charge on any atom is 0.123 e. The first-order chi connectivity index (χ1) is 6.31. The Balaban J connectivity index is 2.11. The lowest BCUT2D eigenvalue weighted by atomic mass is 9.72. The van der Waals surface area contributed by atoms with Crippen molar-refractivity contribution >= 4 is 17.9 Å². The summed E-state index contributed by atoms with van der Waals surface area (Å²) < 4.78 is 0. The largest absolute Gasteiger partial charge is 0.303 e. The summed E-state index contributed by atoms with van der Waals surface area (Å²) in [5.41, 5.74) is 1.20. The maximum atomic E-state index is 10.4. The average molecular weight is 195 g/mol. The Hall–Kier alpha value is -0.820. The monoisotopic (exact) mass is 194 g/mol. The van der Waals surface area contributed by atoms with Crippen LogP contribution in [0.2, 0.25) is 5.02 Å². The van der Waals surface area contributed by atoms with Gasteiger partial charge in [-0.1, -0.05) is 29.8 Å². The minimum Gasteiger partial charge on any atom is -0.303 e. The van der Waals surface area contributed by atoms with Crippen molar-refractivity contribution < 1.29 is 4.79 Å². The molecule has 0 amide bonds. The molecule has 1 aliphatic rings. The summed E-state index contributed by atoms with van der Waals surface area (Å²) in [6.45, 7) is 0. The van der Waals surface area contributed by atoms with E-state index in [1.165, 1.54) is 5.56 Å². The number of hydrogen-bond acceptors (Lipinski definition) is 1. The first-order valence-electron chi connectivity index (χ1n) is 4.51. The van der Waals surface area contributed by atoms with Crippen molar-refractivity contribution in [3.63, 3.8) is 0 Å². The highest BCUT2D eigenvalue weighted by atomic mass is 35.5. The Kier molecular flexibility index (Phi) is 2.36. The van der Waals surface area contributed by atoms with Crippen LogP contribution in [0.5, 0.6) is 0 Å². The molecule has 0 unspecified atom stereocenters. The summed E-state index contributed by atoms with van der Waals surface area (Å²) in [4.78, 5) is 10.4. The molecule has 0 bridgehead atoms. The van der Waals surface area contributed by atoms with E-state index < -0.39 is 0 Å². The van der Waals surface area contributed by atoms with Crippen LogP contribution < -0.4 is 0 Å². The van der Waals surface area contributed by atoms with Crippen molar-refractivity contribution in [3.8, 4) is 0 Å².